The lowest BCUT2D eigenvalue weighted by Gasteiger charge is -2.30. The number of halogens is 3. The van der Waals surface area contributed by atoms with Crippen molar-refractivity contribution in [3.63, 3.8) is 0 Å². The van der Waals surface area contributed by atoms with Crippen LogP contribution in [-0.4, -0.2) is 12.6 Å². The van der Waals surface area contributed by atoms with Crippen LogP contribution in [0.2, 0.25) is 0 Å². The van der Waals surface area contributed by atoms with Crippen LogP contribution in [0.3, 0.4) is 0 Å². The van der Waals surface area contributed by atoms with Gasteiger partial charge in [0, 0.05) is 12.6 Å². The van der Waals surface area contributed by atoms with E-state index in [1.807, 2.05) is 0 Å². The van der Waals surface area contributed by atoms with Crippen LogP contribution < -0.4 is 10.6 Å². The lowest BCUT2D eigenvalue weighted by atomic mass is 10.0. The van der Waals surface area contributed by atoms with E-state index in [4.69, 9.17) is 0 Å². The number of nitrogens with one attached hydrogen (secondary N) is 2. The minimum atomic E-state index is -4.29. The Bertz CT molecular complexity index is 427. The number of hydrogen-bond acceptors (Lipinski definition) is 2. The lowest BCUT2D eigenvalue weighted by molar-refractivity contribution is -0.137. The summed E-state index contributed by atoms with van der Waals surface area (Å²) in [6.07, 6.45) is -3.29. The summed E-state index contributed by atoms with van der Waals surface area (Å²) >= 11 is 0. The molecule has 1 unspecified atom stereocenters. The number of rotatable bonds is 2. The van der Waals surface area contributed by atoms with Crippen LogP contribution >= 0.6 is 0 Å². The summed E-state index contributed by atoms with van der Waals surface area (Å²) in [5.74, 6) is 0.556. The highest BCUT2D eigenvalue weighted by molar-refractivity contribution is 5.72. The quantitative estimate of drug-likeness (QED) is 0.839. The maximum Gasteiger partial charge on any atom is 0.416 e. The molecule has 1 heterocycles. The Labute approximate surface area is 105 Å². The molecule has 0 spiro atoms. The molecule has 1 atom stereocenters. The van der Waals surface area contributed by atoms with Crippen LogP contribution in [0.4, 0.5) is 24.5 Å². The molecule has 1 aromatic rings. The first-order chi connectivity index (χ1) is 8.36. The van der Waals surface area contributed by atoms with E-state index in [2.05, 4.69) is 24.5 Å². The Morgan fingerprint density at radius 1 is 1.28 bits per heavy atom. The van der Waals surface area contributed by atoms with Crippen molar-refractivity contribution in [2.75, 3.05) is 17.2 Å². The number of benzene rings is 1. The zero-order valence-electron chi connectivity index (χ0n) is 10.4. The predicted molar refractivity (Wildman–Crippen MR) is 66.8 cm³/mol. The zero-order chi connectivity index (χ0) is 13.3. The van der Waals surface area contributed by atoms with E-state index < -0.39 is 11.7 Å². The Hall–Kier alpha value is -1.39. The Morgan fingerprint density at radius 3 is 2.61 bits per heavy atom. The van der Waals surface area contributed by atoms with Gasteiger partial charge < -0.3 is 10.6 Å². The minimum absolute atomic E-state index is 0.272. The third-order valence-corrected chi connectivity index (χ3v) is 3.00. The van der Waals surface area contributed by atoms with Gasteiger partial charge in [0.15, 0.2) is 0 Å². The highest BCUT2D eigenvalue weighted by atomic mass is 19.4. The first-order valence-corrected chi connectivity index (χ1v) is 6.08. The van der Waals surface area contributed by atoms with E-state index >= 15 is 0 Å². The van der Waals surface area contributed by atoms with Crippen LogP contribution in [0.5, 0.6) is 0 Å². The molecular weight excluding hydrogens is 241 g/mol. The molecular formula is C13H17F3N2. The average Bonchev–Trinajstić information content (AvgIpc) is 2.26. The Balaban J connectivity index is 2.16. The van der Waals surface area contributed by atoms with Gasteiger partial charge in [0.05, 0.1) is 16.9 Å². The normalized spacial score (nSPS) is 19.1. The second-order valence-electron chi connectivity index (χ2n) is 5.11. The highest BCUT2D eigenvalue weighted by Crippen LogP contribution is 2.35. The number of fused-ring (bicyclic) bond motifs is 1. The summed E-state index contributed by atoms with van der Waals surface area (Å²) < 4.78 is 37.7. The SMILES string of the molecule is CC(C)CC1CNc2cc(C(F)(F)F)ccc2N1. The smallest absolute Gasteiger partial charge is 0.381 e. The van der Waals surface area contributed by atoms with Gasteiger partial charge in [-0.2, -0.15) is 13.2 Å². The standard InChI is InChI=1S/C13H17F3N2/c1-8(2)5-10-7-17-12-6-9(13(14,15)16)3-4-11(12)18-10/h3-4,6,8,10,17-18H,5,7H2,1-2H3. The molecule has 0 fully saturated rings. The van der Waals surface area contributed by atoms with Crippen LogP contribution in [0.25, 0.3) is 0 Å². The second kappa shape index (κ2) is 4.71. The van der Waals surface area contributed by atoms with Gasteiger partial charge in [0.1, 0.15) is 0 Å². The van der Waals surface area contributed by atoms with Crippen LogP contribution in [0.15, 0.2) is 18.2 Å². The third-order valence-electron chi connectivity index (χ3n) is 3.00. The summed E-state index contributed by atoms with van der Waals surface area (Å²) in [5.41, 5.74) is 0.669. The van der Waals surface area contributed by atoms with Crippen molar-refractivity contribution in [1.29, 1.82) is 0 Å². The summed E-state index contributed by atoms with van der Waals surface area (Å²) in [5, 5.41) is 6.35. The van der Waals surface area contributed by atoms with E-state index in [-0.39, 0.29) is 6.04 Å². The molecule has 1 aromatic carbocycles. The van der Waals surface area contributed by atoms with Crippen molar-refractivity contribution in [2.45, 2.75) is 32.5 Å². The summed E-state index contributed by atoms with van der Waals surface area (Å²) in [6.45, 7) is 4.92. The van der Waals surface area contributed by atoms with Gasteiger partial charge >= 0.3 is 6.18 Å². The highest BCUT2D eigenvalue weighted by Gasteiger charge is 2.31. The first kappa shape index (κ1) is 13.1. The fourth-order valence-corrected chi connectivity index (χ4v) is 2.21. The summed E-state index contributed by atoms with van der Waals surface area (Å²) in [7, 11) is 0. The predicted octanol–water partition coefficient (Wildman–Crippen LogP) is 3.96. The average molecular weight is 258 g/mol. The van der Waals surface area contributed by atoms with Gasteiger partial charge in [-0.1, -0.05) is 13.8 Å². The van der Waals surface area contributed by atoms with Crippen molar-refractivity contribution in [2.24, 2.45) is 5.92 Å². The van der Waals surface area contributed by atoms with E-state index in [1.54, 1.807) is 0 Å². The van der Waals surface area contributed by atoms with Gasteiger partial charge in [0.2, 0.25) is 0 Å². The lowest BCUT2D eigenvalue weighted by Crippen LogP contribution is -2.34. The van der Waals surface area contributed by atoms with Gasteiger partial charge in [-0.15, -0.1) is 0 Å². The topological polar surface area (TPSA) is 24.1 Å². The summed E-state index contributed by atoms with van der Waals surface area (Å²) in [6, 6.07) is 4.05. The fourth-order valence-electron chi connectivity index (χ4n) is 2.21. The maximum absolute atomic E-state index is 12.6. The van der Waals surface area contributed by atoms with Crippen molar-refractivity contribution >= 4 is 11.4 Å². The van der Waals surface area contributed by atoms with Crippen LogP contribution in [-0.2, 0) is 6.18 Å². The molecule has 0 aromatic heterocycles. The van der Waals surface area contributed by atoms with E-state index in [0.29, 0.717) is 18.2 Å². The minimum Gasteiger partial charge on any atom is -0.381 e. The molecule has 0 saturated carbocycles. The van der Waals surface area contributed by atoms with Crippen molar-refractivity contribution in [3.8, 4) is 0 Å². The maximum atomic E-state index is 12.6. The second-order valence-corrected chi connectivity index (χ2v) is 5.11. The van der Waals surface area contributed by atoms with Gasteiger partial charge in [0.25, 0.3) is 0 Å². The third kappa shape index (κ3) is 2.89. The van der Waals surface area contributed by atoms with Crippen LogP contribution in [0, 0.1) is 5.92 Å². The molecule has 100 valence electrons. The first-order valence-electron chi connectivity index (χ1n) is 6.08. The van der Waals surface area contributed by atoms with E-state index in [0.717, 1.165) is 24.2 Å². The molecule has 2 N–H and O–H groups in total. The van der Waals surface area contributed by atoms with Gasteiger partial charge in [-0.25, -0.2) is 0 Å². The van der Waals surface area contributed by atoms with Crippen molar-refractivity contribution < 1.29 is 13.2 Å². The van der Waals surface area contributed by atoms with Gasteiger partial charge in [-0.05, 0) is 30.5 Å². The van der Waals surface area contributed by atoms with E-state index in [1.165, 1.54) is 6.07 Å². The zero-order valence-corrected chi connectivity index (χ0v) is 10.4. The molecule has 1 aliphatic heterocycles. The molecule has 0 amide bonds. The molecule has 0 aliphatic carbocycles. The number of anilines is 2. The Kier molecular flexibility index (Phi) is 3.41. The molecule has 18 heavy (non-hydrogen) atoms. The van der Waals surface area contributed by atoms with Gasteiger partial charge in [-0.3, -0.25) is 0 Å². The molecule has 2 nitrogen and oxygen atoms in total. The molecule has 1 aliphatic rings. The van der Waals surface area contributed by atoms with Crippen molar-refractivity contribution in [1.82, 2.24) is 0 Å². The summed E-state index contributed by atoms with van der Waals surface area (Å²) in [4.78, 5) is 0. The number of alkyl halides is 3. The molecule has 2 rings (SSSR count). The van der Waals surface area contributed by atoms with Crippen LogP contribution in [0.1, 0.15) is 25.8 Å². The fraction of sp³-hybridized carbons (Fsp3) is 0.538. The number of hydrogen-bond donors (Lipinski definition) is 2. The van der Waals surface area contributed by atoms with E-state index in [9.17, 15) is 13.2 Å². The Morgan fingerprint density at radius 2 is 2.00 bits per heavy atom. The molecule has 0 radical (unpaired) electrons. The van der Waals surface area contributed by atoms with Crippen molar-refractivity contribution in [3.05, 3.63) is 23.8 Å². The molecule has 0 saturated heterocycles. The largest absolute Gasteiger partial charge is 0.416 e. The molecule has 5 heteroatoms. The molecule has 0 bridgehead atoms. The monoisotopic (exact) mass is 258 g/mol.